The van der Waals surface area contributed by atoms with Crippen LogP contribution in [0.1, 0.15) is 16.7 Å². The zero-order chi connectivity index (χ0) is 15.5. The first-order valence-electron chi connectivity index (χ1n) is 6.04. The molecule has 0 atom stereocenters. The van der Waals surface area contributed by atoms with E-state index in [2.05, 4.69) is 31.9 Å². The minimum Gasteiger partial charge on any atom is -0.488 e. The van der Waals surface area contributed by atoms with Gasteiger partial charge in [-0.05, 0) is 23.8 Å². The molecule has 0 N–H and O–H groups in total. The molecule has 0 amide bonds. The van der Waals surface area contributed by atoms with Crippen molar-refractivity contribution in [3.63, 3.8) is 0 Å². The predicted molar refractivity (Wildman–Crippen MR) is 82.5 cm³/mol. The van der Waals surface area contributed by atoms with Gasteiger partial charge in [0.05, 0.1) is 5.56 Å². The van der Waals surface area contributed by atoms with Crippen LogP contribution in [0.5, 0.6) is 5.75 Å². The van der Waals surface area contributed by atoms with E-state index in [1.54, 1.807) is 12.1 Å². The van der Waals surface area contributed by atoms with Gasteiger partial charge in [0.1, 0.15) is 12.4 Å². The van der Waals surface area contributed by atoms with Crippen molar-refractivity contribution < 1.29 is 17.9 Å². The third-order valence-electron chi connectivity index (χ3n) is 2.84. The van der Waals surface area contributed by atoms with Gasteiger partial charge in [-0.3, -0.25) is 0 Å². The van der Waals surface area contributed by atoms with Crippen molar-refractivity contribution in [2.75, 3.05) is 0 Å². The van der Waals surface area contributed by atoms with E-state index in [4.69, 9.17) is 4.74 Å². The molecule has 2 aromatic carbocycles. The van der Waals surface area contributed by atoms with Crippen LogP contribution in [0.4, 0.5) is 13.2 Å². The maximum atomic E-state index is 13.1. The van der Waals surface area contributed by atoms with Crippen molar-refractivity contribution in [2.24, 2.45) is 0 Å². The Labute approximate surface area is 137 Å². The lowest BCUT2D eigenvalue weighted by Gasteiger charge is -2.15. The van der Waals surface area contributed by atoms with Crippen molar-refractivity contribution in [3.8, 4) is 5.75 Å². The van der Waals surface area contributed by atoms with Gasteiger partial charge < -0.3 is 4.74 Å². The third kappa shape index (κ3) is 4.23. The Kier molecular flexibility index (Phi) is 5.32. The van der Waals surface area contributed by atoms with Crippen molar-refractivity contribution in [3.05, 3.63) is 63.6 Å². The topological polar surface area (TPSA) is 9.23 Å². The fourth-order valence-corrected chi connectivity index (χ4v) is 2.53. The number of benzene rings is 2. The minimum atomic E-state index is -4.44. The van der Waals surface area contributed by atoms with Crippen LogP contribution < -0.4 is 4.74 Å². The molecular formula is C15H11Br2F3O. The molecule has 0 aromatic heterocycles. The molecule has 6 heteroatoms. The number of hydrogen-bond acceptors (Lipinski definition) is 1. The minimum absolute atomic E-state index is 0.0676. The molecular weight excluding hydrogens is 413 g/mol. The highest BCUT2D eigenvalue weighted by Crippen LogP contribution is 2.37. The lowest BCUT2D eigenvalue weighted by atomic mass is 10.1. The lowest BCUT2D eigenvalue weighted by Crippen LogP contribution is -2.09. The summed E-state index contributed by atoms with van der Waals surface area (Å²) in [5.74, 6) is -0.164. The van der Waals surface area contributed by atoms with Crippen LogP contribution in [0.2, 0.25) is 0 Å². The Bertz CT molecular complexity index is 627. The molecule has 0 unspecified atom stereocenters. The largest absolute Gasteiger partial charge is 0.488 e. The van der Waals surface area contributed by atoms with E-state index < -0.39 is 11.7 Å². The molecule has 0 radical (unpaired) electrons. The number of halogens is 5. The summed E-state index contributed by atoms with van der Waals surface area (Å²) < 4.78 is 45.4. The van der Waals surface area contributed by atoms with Gasteiger partial charge in [0.25, 0.3) is 0 Å². The molecule has 0 aliphatic carbocycles. The Morgan fingerprint density at radius 3 is 2.38 bits per heavy atom. The standard InChI is InChI=1S/C15H11Br2F3O/c16-8-10-5-6-14(12(7-10)15(18,19)20)21-9-11-3-1-2-4-13(11)17/h1-7H,8-9H2. The van der Waals surface area contributed by atoms with E-state index in [9.17, 15) is 13.2 Å². The molecule has 0 fully saturated rings. The van der Waals surface area contributed by atoms with E-state index in [0.29, 0.717) is 10.9 Å². The molecule has 0 saturated carbocycles. The third-order valence-corrected chi connectivity index (χ3v) is 4.27. The molecule has 0 spiro atoms. The highest BCUT2D eigenvalue weighted by molar-refractivity contribution is 9.10. The molecule has 2 aromatic rings. The van der Waals surface area contributed by atoms with Crippen molar-refractivity contribution in [2.45, 2.75) is 18.1 Å². The van der Waals surface area contributed by atoms with E-state index in [1.165, 1.54) is 6.07 Å². The molecule has 0 heterocycles. The van der Waals surface area contributed by atoms with Crippen molar-refractivity contribution in [1.29, 1.82) is 0 Å². The molecule has 0 saturated heterocycles. The normalized spacial score (nSPS) is 11.5. The van der Waals surface area contributed by atoms with Crippen LogP contribution in [0, 0.1) is 0 Å². The first-order chi connectivity index (χ1) is 9.91. The second-order valence-corrected chi connectivity index (χ2v) is 5.76. The molecule has 0 aliphatic rings. The first kappa shape index (κ1) is 16.4. The van der Waals surface area contributed by atoms with Gasteiger partial charge in [0.2, 0.25) is 0 Å². The van der Waals surface area contributed by atoms with Gasteiger partial charge >= 0.3 is 6.18 Å². The lowest BCUT2D eigenvalue weighted by molar-refractivity contribution is -0.139. The average molecular weight is 424 g/mol. The van der Waals surface area contributed by atoms with E-state index in [-0.39, 0.29) is 12.4 Å². The Morgan fingerprint density at radius 2 is 1.76 bits per heavy atom. The number of rotatable bonds is 4. The molecule has 2 rings (SSSR count). The second kappa shape index (κ2) is 6.83. The fraction of sp³-hybridized carbons (Fsp3) is 0.200. The van der Waals surface area contributed by atoms with Crippen LogP contribution >= 0.6 is 31.9 Å². The highest BCUT2D eigenvalue weighted by atomic mass is 79.9. The Morgan fingerprint density at radius 1 is 1.05 bits per heavy atom. The molecule has 21 heavy (non-hydrogen) atoms. The van der Waals surface area contributed by atoms with E-state index in [0.717, 1.165) is 16.1 Å². The quantitative estimate of drug-likeness (QED) is 0.552. The Balaban J connectivity index is 2.26. The van der Waals surface area contributed by atoms with Crippen LogP contribution in [0.15, 0.2) is 46.9 Å². The molecule has 112 valence electrons. The van der Waals surface area contributed by atoms with Crippen LogP contribution in [0.25, 0.3) is 0 Å². The first-order valence-corrected chi connectivity index (χ1v) is 7.95. The van der Waals surface area contributed by atoms with Gasteiger partial charge in [-0.25, -0.2) is 0 Å². The monoisotopic (exact) mass is 422 g/mol. The maximum absolute atomic E-state index is 13.1. The summed E-state index contributed by atoms with van der Waals surface area (Å²) in [6.07, 6.45) is -4.44. The SMILES string of the molecule is FC(F)(F)c1cc(CBr)ccc1OCc1ccccc1Br. The maximum Gasteiger partial charge on any atom is 0.419 e. The van der Waals surface area contributed by atoms with Crippen molar-refractivity contribution in [1.82, 2.24) is 0 Å². The van der Waals surface area contributed by atoms with Crippen LogP contribution in [-0.2, 0) is 18.1 Å². The zero-order valence-corrected chi connectivity index (χ0v) is 13.9. The zero-order valence-electron chi connectivity index (χ0n) is 10.8. The average Bonchev–Trinajstić information content (AvgIpc) is 2.45. The van der Waals surface area contributed by atoms with Gasteiger partial charge in [0.15, 0.2) is 0 Å². The predicted octanol–water partition coefficient (Wildman–Crippen LogP) is 5.94. The van der Waals surface area contributed by atoms with Gasteiger partial charge in [-0.15, -0.1) is 0 Å². The Hall–Kier alpha value is -1.01. The van der Waals surface area contributed by atoms with Gasteiger partial charge in [-0.1, -0.05) is 56.1 Å². The van der Waals surface area contributed by atoms with E-state index in [1.807, 2.05) is 18.2 Å². The van der Waals surface area contributed by atoms with Crippen LogP contribution in [-0.4, -0.2) is 0 Å². The molecule has 0 aliphatic heterocycles. The summed E-state index contributed by atoms with van der Waals surface area (Å²) in [6.45, 7) is 0.0676. The summed E-state index contributed by atoms with van der Waals surface area (Å²) in [5.41, 5.74) is 0.581. The summed E-state index contributed by atoms with van der Waals surface area (Å²) in [7, 11) is 0. The van der Waals surface area contributed by atoms with Gasteiger partial charge in [-0.2, -0.15) is 13.2 Å². The second-order valence-electron chi connectivity index (χ2n) is 4.34. The number of alkyl halides is 4. The molecule has 0 bridgehead atoms. The summed E-state index contributed by atoms with van der Waals surface area (Å²) in [6, 6.07) is 11.3. The number of ether oxygens (including phenoxy) is 1. The number of hydrogen-bond donors (Lipinski definition) is 0. The van der Waals surface area contributed by atoms with Crippen molar-refractivity contribution >= 4 is 31.9 Å². The fourth-order valence-electron chi connectivity index (χ4n) is 1.78. The van der Waals surface area contributed by atoms with Crippen LogP contribution in [0.3, 0.4) is 0 Å². The summed E-state index contributed by atoms with van der Waals surface area (Å²) in [4.78, 5) is 0. The smallest absolute Gasteiger partial charge is 0.419 e. The summed E-state index contributed by atoms with van der Waals surface area (Å²) in [5, 5.41) is 0.362. The molecule has 1 nitrogen and oxygen atoms in total. The summed E-state index contributed by atoms with van der Waals surface area (Å²) >= 11 is 6.50. The van der Waals surface area contributed by atoms with Gasteiger partial charge in [0, 0.05) is 15.4 Å². The highest BCUT2D eigenvalue weighted by Gasteiger charge is 2.34. The van der Waals surface area contributed by atoms with E-state index >= 15 is 0 Å².